The highest BCUT2D eigenvalue weighted by atomic mass is 16.3. The summed E-state index contributed by atoms with van der Waals surface area (Å²) in [6, 6.07) is 4.24. The Kier molecular flexibility index (Phi) is 4.80. The third-order valence-electron chi connectivity index (χ3n) is 3.33. The number of aryl methyl sites for hydroxylation is 2. The van der Waals surface area contributed by atoms with Crippen molar-refractivity contribution >= 4 is 0 Å². The second-order valence-corrected chi connectivity index (χ2v) is 4.64. The molecule has 0 unspecified atom stereocenters. The molecular formula is C15H23N3O. The van der Waals surface area contributed by atoms with Gasteiger partial charge in [0.15, 0.2) is 0 Å². The van der Waals surface area contributed by atoms with Gasteiger partial charge in [0, 0.05) is 11.3 Å². The summed E-state index contributed by atoms with van der Waals surface area (Å²) in [6.07, 6.45) is 3.75. The molecule has 0 radical (unpaired) electrons. The van der Waals surface area contributed by atoms with Crippen LogP contribution in [0.4, 0.5) is 0 Å². The minimum absolute atomic E-state index is 0.780. The normalized spacial score (nSPS) is 11.1. The van der Waals surface area contributed by atoms with E-state index >= 15 is 0 Å². The summed E-state index contributed by atoms with van der Waals surface area (Å²) in [4.78, 5) is 0. The van der Waals surface area contributed by atoms with Crippen molar-refractivity contribution in [3.8, 4) is 0 Å². The van der Waals surface area contributed by atoms with E-state index in [0.29, 0.717) is 0 Å². The second kappa shape index (κ2) is 6.57. The van der Waals surface area contributed by atoms with Crippen LogP contribution in [0.1, 0.15) is 43.5 Å². The first kappa shape index (κ1) is 13.9. The minimum Gasteiger partial charge on any atom is -0.468 e. The van der Waals surface area contributed by atoms with Crippen LogP contribution in [0.2, 0.25) is 0 Å². The Morgan fingerprint density at radius 1 is 1.26 bits per heavy atom. The number of aromatic nitrogens is 2. The number of nitrogens with zero attached hydrogens (tertiary/aromatic N) is 2. The molecule has 104 valence electrons. The van der Waals surface area contributed by atoms with Gasteiger partial charge in [0.2, 0.25) is 0 Å². The number of hydrogen-bond acceptors (Lipinski definition) is 3. The maximum Gasteiger partial charge on any atom is 0.122 e. The SMILES string of the molecule is CCNCc1occc1Cn1nc(CC)cc1CC. The van der Waals surface area contributed by atoms with E-state index in [1.807, 2.05) is 6.07 Å². The third kappa shape index (κ3) is 3.26. The summed E-state index contributed by atoms with van der Waals surface area (Å²) in [7, 11) is 0. The molecule has 2 heterocycles. The van der Waals surface area contributed by atoms with Gasteiger partial charge in [-0.05, 0) is 31.5 Å². The zero-order valence-corrected chi connectivity index (χ0v) is 12.1. The lowest BCUT2D eigenvalue weighted by molar-refractivity contribution is 0.478. The molecule has 4 nitrogen and oxygen atoms in total. The Morgan fingerprint density at radius 2 is 2.11 bits per heavy atom. The van der Waals surface area contributed by atoms with Crippen LogP contribution in [0.3, 0.4) is 0 Å². The van der Waals surface area contributed by atoms with Gasteiger partial charge in [0.25, 0.3) is 0 Å². The minimum atomic E-state index is 0.780. The molecule has 0 bridgehead atoms. The van der Waals surface area contributed by atoms with Gasteiger partial charge < -0.3 is 9.73 Å². The van der Waals surface area contributed by atoms with Gasteiger partial charge in [-0.25, -0.2) is 0 Å². The Labute approximate surface area is 114 Å². The molecule has 0 fully saturated rings. The molecule has 1 N–H and O–H groups in total. The third-order valence-corrected chi connectivity index (χ3v) is 3.33. The highest BCUT2D eigenvalue weighted by molar-refractivity contribution is 5.19. The van der Waals surface area contributed by atoms with E-state index in [-0.39, 0.29) is 0 Å². The van der Waals surface area contributed by atoms with E-state index in [9.17, 15) is 0 Å². The summed E-state index contributed by atoms with van der Waals surface area (Å²) in [5.74, 6) is 1.01. The molecule has 0 saturated carbocycles. The predicted octanol–water partition coefficient (Wildman–Crippen LogP) is 2.76. The molecule has 0 aliphatic carbocycles. The zero-order chi connectivity index (χ0) is 13.7. The molecule has 19 heavy (non-hydrogen) atoms. The van der Waals surface area contributed by atoms with Crippen LogP contribution in [0, 0.1) is 0 Å². The van der Waals surface area contributed by atoms with Gasteiger partial charge in [0.1, 0.15) is 5.76 Å². The van der Waals surface area contributed by atoms with Crippen LogP contribution in [0.25, 0.3) is 0 Å². The van der Waals surface area contributed by atoms with Crippen LogP contribution in [0.5, 0.6) is 0 Å². The van der Waals surface area contributed by atoms with E-state index < -0.39 is 0 Å². The molecule has 0 spiro atoms. The van der Waals surface area contributed by atoms with Crippen LogP contribution in [-0.4, -0.2) is 16.3 Å². The quantitative estimate of drug-likeness (QED) is 0.833. The summed E-state index contributed by atoms with van der Waals surface area (Å²) < 4.78 is 7.64. The number of rotatable bonds is 7. The molecule has 0 aromatic carbocycles. The molecule has 0 saturated heterocycles. The number of hydrogen-bond donors (Lipinski definition) is 1. The van der Waals surface area contributed by atoms with E-state index in [1.54, 1.807) is 6.26 Å². The molecule has 2 rings (SSSR count). The topological polar surface area (TPSA) is 43.0 Å². The van der Waals surface area contributed by atoms with Crippen LogP contribution in [-0.2, 0) is 25.9 Å². The molecule has 4 heteroatoms. The van der Waals surface area contributed by atoms with Crippen molar-refractivity contribution in [1.82, 2.24) is 15.1 Å². The fourth-order valence-electron chi connectivity index (χ4n) is 2.17. The van der Waals surface area contributed by atoms with Crippen molar-refractivity contribution < 1.29 is 4.42 Å². The molecule has 0 aliphatic rings. The Balaban J connectivity index is 2.16. The molecule has 2 aromatic rings. The van der Waals surface area contributed by atoms with E-state index in [0.717, 1.165) is 43.9 Å². The van der Waals surface area contributed by atoms with Gasteiger partial charge >= 0.3 is 0 Å². The first-order valence-corrected chi connectivity index (χ1v) is 7.10. The van der Waals surface area contributed by atoms with Gasteiger partial charge in [0.05, 0.1) is 25.0 Å². The molecule has 2 aromatic heterocycles. The predicted molar refractivity (Wildman–Crippen MR) is 76.2 cm³/mol. The first-order chi connectivity index (χ1) is 9.28. The molecular weight excluding hydrogens is 238 g/mol. The molecule has 0 aliphatic heterocycles. The van der Waals surface area contributed by atoms with Crippen molar-refractivity contribution in [2.24, 2.45) is 0 Å². The standard InChI is InChI=1S/C15H23N3O/c1-4-13-9-14(5-2)18(17-13)11-12-7-8-19-15(12)10-16-6-3/h7-9,16H,4-6,10-11H2,1-3H3. The fraction of sp³-hybridized carbons (Fsp3) is 0.533. The highest BCUT2D eigenvalue weighted by Gasteiger charge is 2.10. The maximum atomic E-state index is 5.54. The summed E-state index contributed by atoms with van der Waals surface area (Å²) in [5.41, 5.74) is 3.66. The fourth-order valence-corrected chi connectivity index (χ4v) is 2.17. The average molecular weight is 261 g/mol. The largest absolute Gasteiger partial charge is 0.468 e. The monoisotopic (exact) mass is 261 g/mol. The Bertz CT molecular complexity index is 513. The van der Waals surface area contributed by atoms with Crippen molar-refractivity contribution in [3.63, 3.8) is 0 Å². The highest BCUT2D eigenvalue weighted by Crippen LogP contribution is 2.15. The lowest BCUT2D eigenvalue weighted by atomic mass is 10.2. The van der Waals surface area contributed by atoms with Gasteiger partial charge in [-0.15, -0.1) is 0 Å². The maximum absolute atomic E-state index is 5.54. The van der Waals surface area contributed by atoms with Gasteiger partial charge in [-0.3, -0.25) is 4.68 Å². The van der Waals surface area contributed by atoms with E-state index in [2.05, 4.69) is 41.9 Å². The van der Waals surface area contributed by atoms with E-state index in [4.69, 9.17) is 4.42 Å². The van der Waals surface area contributed by atoms with Gasteiger partial charge in [-0.2, -0.15) is 5.10 Å². The van der Waals surface area contributed by atoms with E-state index in [1.165, 1.54) is 11.3 Å². The molecule has 0 amide bonds. The Morgan fingerprint density at radius 3 is 2.79 bits per heavy atom. The smallest absolute Gasteiger partial charge is 0.122 e. The van der Waals surface area contributed by atoms with Crippen molar-refractivity contribution in [3.05, 3.63) is 41.1 Å². The summed E-state index contributed by atoms with van der Waals surface area (Å²) in [6.45, 7) is 8.92. The van der Waals surface area contributed by atoms with Crippen molar-refractivity contribution in [1.29, 1.82) is 0 Å². The van der Waals surface area contributed by atoms with Crippen molar-refractivity contribution in [2.75, 3.05) is 6.54 Å². The first-order valence-electron chi connectivity index (χ1n) is 7.10. The average Bonchev–Trinajstić information content (AvgIpc) is 3.03. The lowest BCUT2D eigenvalue weighted by Gasteiger charge is -2.06. The second-order valence-electron chi connectivity index (χ2n) is 4.64. The summed E-state index contributed by atoms with van der Waals surface area (Å²) >= 11 is 0. The van der Waals surface area contributed by atoms with Crippen molar-refractivity contribution in [2.45, 2.75) is 46.7 Å². The number of nitrogens with one attached hydrogen (secondary N) is 1. The summed E-state index contributed by atoms with van der Waals surface area (Å²) in [5, 5.41) is 7.95. The number of furan rings is 1. The molecule has 0 atom stereocenters. The van der Waals surface area contributed by atoms with Crippen LogP contribution >= 0.6 is 0 Å². The lowest BCUT2D eigenvalue weighted by Crippen LogP contribution is -2.14. The van der Waals surface area contributed by atoms with Gasteiger partial charge in [-0.1, -0.05) is 20.8 Å². The zero-order valence-electron chi connectivity index (χ0n) is 12.1. The Hall–Kier alpha value is -1.55. The van der Waals surface area contributed by atoms with Crippen LogP contribution < -0.4 is 5.32 Å². The van der Waals surface area contributed by atoms with Crippen LogP contribution in [0.15, 0.2) is 22.8 Å².